The Hall–Kier alpha value is -3.91. The Morgan fingerprint density at radius 2 is 1.70 bits per heavy atom. The van der Waals surface area contributed by atoms with Crippen LogP contribution in [0.3, 0.4) is 0 Å². The van der Waals surface area contributed by atoms with Gasteiger partial charge in [-0.05, 0) is 86.2 Å². The number of fused-ring (bicyclic) bond motifs is 1. The van der Waals surface area contributed by atoms with Crippen LogP contribution in [0, 0.1) is 11.7 Å². The number of hydrogen-bond acceptors (Lipinski definition) is 6. The van der Waals surface area contributed by atoms with Gasteiger partial charge < -0.3 is 23.8 Å². The van der Waals surface area contributed by atoms with E-state index in [2.05, 4.69) is 0 Å². The van der Waals surface area contributed by atoms with Gasteiger partial charge in [-0.25, -0.2) is 4.39 Å². The summed E-state index contributed by atoms with van der Waals surface area (Å²) >= 11 is 0. The summed E-state index contributed by atoms with van der Waals surface area (Å²) in [5.74, 6) is 1.45. The van der Waals surface area contributed by atoms with E-state index in [0.29, 0.717) is 74.1 Å². The Kier molecular flexibility index (Phi) is 7.43. The van der Waals surface area contributed by atoms with Crippen LogP contribution in [0.25, 0.3) is 0 Å². The molecule has 8 heteroatoms. The Bertz CT molecular complexity index is 1380. The van der Waals surface area contributed by atoms with Crippen LogP contribution in [-0.2, 0) is 20.7 Å². The second kappa shape index (κ2) is 11.3. The quantitative estimate of drug-likeness (QED) is 0.332. The van der Waals surface area contributed by atoms with E-state index in [0.717, 1.165) is 17.5 Å². The Labute approximate surface area is 232 Å². The molecule has 3 atom stereocenters. The highest BCUT2D eigenvalue weighted by atomic mass is 19.1. The molecule has 0 aromatic heterocycles. The Balaban J connectivity index is 1.11. The molecule has 1 saturated heterocycles. The lowest BCUT2D eigenvalue weighted by atomic mass is 10.1. The fraction of sp³-hybridized carbons (Fsp3) is 0.375. The normalized spacial score (nSPS) is 21.4. The average molecular weight is 546 g/mol. The van der Waals surface area contributed by atoms with Crippen LogP contribution in [0.5, 0.6) is 17.2 Å². The number of nitrogens with zero attached hydrogens (tertiary/aromatic N) is 1. The number of amides is 1. The maximum absolute atomic E-state index is 15.0. The largest absolute Gasteiger partial charge is 0.486 e. The summed E-state index contributed by atoms with van der Waals surface area (Å²) in [6.45, 7) is 4.48. The van der Waals surface area contributed by atoms with Crippen molar-refractivity contribution in [3.8, 4) is 17.2 Å². The lowest BCUT2D eigenvalue weighted by molar-refractivity contribution is -0.144. The van der Waals surface area contributed by atoms with Gasteiger partial charge in [0, 0.05) is 29.8 Å². The minimum atomic E-state index is -0.425. The number of carbonyl (C=O) groups is 2. The molecule has 0 N–H and O–H groups in total. The number of morpholine rings is 1. The van der Waals surface area contributed by atoms with Gasteiger partial charge in [0.1, 0.15) is 29.2 Å². The van der Waals surface area contributed by atoms with Gasteiger partial charge in [0.2, 0.25) is 0 Å². The molecule has 1 heterocycles. The summed E-state index contributed by atoms with van der Waals surface area (Å²) in [6.07, 6.45) is 1.64. The monoisotopic (exact) mass is 545 g/mol. The molecule has 3 aliphatic rings. The highest BCUT2D eigenvalue weighted by Gasteiger charge is 2.45. The van der Waals surface area contributed by atoms with E-state index >= 15 is 4.39 Å². The molecule has 0 unspecified atom stereocenters. The van der Waals surface area contributed by atoms with E-state index in [9.17, 15) is 9.59 Å². The number of benzene rings is 3. The summed E-state index contributed by atoms with van der Waals surface area (Å²) in [5, 5.41) is 0. The molecule has 0 spiro atoms. The molecule has 3 aromatic carbocycles. The third-order valence-electron chi connectivity index (χ3n) is 7.83. The van der Waals surface area contributed by atoms with Gasteiger partial charge >= 0.3 is 5.97 Å². The van der Waals surface area contributed by atoms with Gasteiger partial charge in [0.25, 0.3) is 5.91 Å². The highest BCUT2D eigenvalue weighted by molar-refractivity contribution is 5.94. The molecule has 2 aliphatic carbocycles. The van der Waals surface area contributed by atoms with Crippen molar-refractivity contribution >= 4 is 11.9 Å². The van der Waals surface area contributed by atoms with Crippen molar-refractivity contribution in [1.29, 1.82) is 0 Å². The number of hydrogen-bond donors (Lipinski definition) is 0. The molecule has 3 aromatic rings. The molecule has 1 aliphatic heterocycles. The van der Waals surface area contributed by atoms with Crippen LogP contribution in [-0.4, -0.2) is 49.7 Å². The second-order valence-electron chi connectivity index (χ2n) is 10.4. The fourth-order valence-corrected chi connectivity index (χ4v) is 5.63. The van der Waals surface area contributed by atoms with E-state index in [1.54, 1.807) is 35.2 Å². The predicted molar refractivity (Wildman–Crippen MR) is 145 cm³/mol. The van der Waals surface area contributed by atoms with Gasteiger partial charge in [-0.2, -0.15) is 0 Å². The van der Waals surface area contributed by atoms with Gasteiger partial charge in [-0.3, -0.25) is 9.59 Å². The number of rotatable bonds is 8. The van der Waals surface area contributed by atoms with Crippen molar-refractivity contribution in [2.45, 2.75) is 38.2 Å². The smallest absolute Gasteiger partial charge is 0.309 e. The summed E-state index contributed by atoms with van der Waals surface area (Å²) in [4.78, 5) is 26.5. The first-order chi connectivity index (χ1) is 19.5. The molecule has 1 amide bonds. The van der Waals surface area contributed by atoms with Crippen LogP contribution >= 0.6 is 0 Å². The van der Waals surface area contributed by atoms with Crippen molar-refractivity contribution in [3.05, 3.63) is 88.7 Å². The summed E-state index contributed by atoms with van der Waals surface area (Å²) < 4.78 is 37.8. The Morgan fingerprint density at radius 3 is 2.42 bits per heavy atom. The summed E-state index contributed by atoms with van der Waals surface area (Å²) in [7, 11) is 0. The molecule has 0 radical (unpaired) electrons. The standard InChI is InChI=1S/C32H32FNO6/c1-2-38-32(36)26-19-25(26)20-3-7-23(8-4-20)40-29-13-11-24-28(14-12-27(33)30(24)29)39-22-9-5-21(6-10-22)31(35)34-15-17-37-18-16-34/h3-10,12,14,25-26,29H,2,11,13,15-19H2,1H3/t25-,26+,29-/m1/s1. The van der Waals surface area contributed by atoms with Crippen LogP contribution < -0.4 is 9.47 Å². The molecule has 6 rings (SSSR count). The first-order valence-electron chi connectivity index (χ1n) is 13.9. The van der Waals surface area contributed by atoms with E-state index in [-0.39, 0.29) is 29.5 Å². The molecule has 40 heavy (non-hydrogen) atoms. The minimum absolute atomic E-state index is 0.0264. The zero-order valence-electron chi connectivity index (χ0n) is 22.4. The predicted octanol–water partition coefficient (Wildman–Crippen LogP) is 5.82. The minimum Gasteiger partial charge on any atom is -0.486 e. The van der Waals surface area contributed by atoms with Gasteiger partial charge in [0.15, 0.2) is 0 Å². The zero-order chi connectivity index (χ0) is 27.6. The molecular weight excluding hydrogens is 513 g/mol. The lowest BCUT2D eigenvalue weighted by Crippen LogP contribution is -2.40. The topological polar surface area (TPSA) is 74.3 Å². The van der Waals surface area contributed by atoms with Crippen molar-refractivity contribution in [2.75, 3.05) is 32.9 Å². The molecule has 208 valence electrons. The number of carbonyl (C=O) groups excluding carboxylic acids is 2. The summed E-state index contributed by atoms with van der Waals surface area (Å²) in [5.41, 5.74) is 2.99. The first kappa shape index (κ1) is 26.3. The third-order valence-corrected chi connectivity index (χ3v) is 7.83. The van der Waals surface area contributed by atoms with Gasteiger partial charge in [-0.15, -0.1) is 0 Å². The van der Waals surface area contributed by atoms with E-state index < -0.39 is 6.10 Å². The van der Waals surface area contributed by atoms with Gasteiger partial charge in [0.05, 0.1) is 25.7 Å². The lowest BCUT2D eigenvalue weighted by Gasteiger charge is -2.26. The average Bonchev–Trinajstić information content (AvgIpc) is 3.68. The molecule has 0 bridgehead atoms. The number of ether oxygens (including phenoxy) is 4. The highest BCUT2D eigenvalue weighted by Crippen LogP contribution is 2.49. The molecule has 7 nitrogen and oxygen atoms in total. The Morgan fingerprint density at radius 1 is 0.975 bits per heavy atom. The maximum Gasteiger partial charge on any atom is 0.309 e. The number of esters is 1. The van der Waals surface area contributed by atoms with E-state index in [1.165, 1.54) is 6.07 Å². The number of halogens is 1. The first-order valence-corrected chi connectivity index (χ1v) is 13.9. The zero-order valence-corrected chi connectivity index (χ0v) is 22.4. The molecule has 1 saturated carbocycles. The fourth-order valence-electron chi connectivity index (χ4n) is 5.63. The van der Waals surface area contributed by atoms with Crippen molar-refractivity contribution < 1.29 is 32.9 Å². The van der Waals surface area contributed by atoms with Crippen LogP contribution in [0.4, 0.5) is 4.39 Å². The maximum atomic E-state index is 15.0. The van der Waals surface area contributed by atoms with Gasteiger partial charge in [-0.1, -0.05) is 12.1 Å². The molecule has 2 fully saturated rings. The van der Waals surface area contributed by atoms with Crippen LogP contribution in [0.1, 0.15) is 58.8 Å². The van der Waals surface area contributed by atoms with Crippen molar-refractivity contribution in [3.63, 3.8) is 0 Å². The SMILES string of the molecule is CCOC(=O)[C@H]1C[C@@H]1c1ccc(O[C@@H]2CCc3c(Oc4ccc(C(=O)N5CCOCC5)cc4)ccc(F)c32)cc1. The molecular formula is C32H32FNO6. The van der Waals surface area contributed by atoms with Crippen LogP contribution in [0.15, 0.2) is 60.7 Å². The van der Waals surface area contributed by atoms with Crippen LogP contribution in [0.2, 0.25) is 0 Å². The van der Waals surface area contributed by atoms with Crippen molar-refractivity contribution in [1.82, 2.24) is 4.90 Å². The van der Waals surface area contributed by atoms with Crippen molar-refractivity contribution in [2.24, 2.45) is 5.92 Å². The summed E-state index contributed by atoms with van der Waals surface area (Å²) in [6, 6.07) is 17.8. The van der Waals surface area contributed by atoms with E-state index in [1.807, 2.05) is 31.2 Å². The van der Waals surface area contributed by atoms with E-state index in [4.69, 9.17) is 18.9 Å². The second-order valence-corrected chi connectivity index (χ2v) is 10.4. The third kappa shape index (κ3) is 5.41.